The van der Waals surface area contributed by atoms with Crippen molar-refractivity contribution in [2.75, 3.05) is 11.4 Å². The number of rotatable bonds is 4. The highest BCUT2D eigenvalue weighted by Gasteiger charge is 2.44. The minimum Gasteiger partial charge on any atom is -0.421 e. The number of nitrogens with one attached hydrogen (secondary N) is 1. The van der Waals surface area contributed by atoms with Crippen LogP contribution in [0.1, 0.15) is 24.2 Å². The summed E-state index contributed by atoms with van der Waals surface area (Å²) in [6, 6.07) is 1.47. The van der Waals surface area contributed by atoms with Gasteiger partial charge in [-0.3, -0.25) is 0 Å². The van der Waals surface area contributed by atoms with Gasteiger partial charge in [0.1, 0.15) is 17.3 Å². The number of ether oxygens (including phenoxy) is 1. The Morgan fingerprint density at radius 3 is 2.67 bits per heavy atom. The lowest BCUT2D eigenvalue weighted by molar-refractivity contribution is 0.435. The SMILES string of the molecule is C=Cc1cc(F)c(F)c2c1[nH]c1nc(Oc3cnc(C)nc3)nc(N3CC4CC3CC4N)c12. The number of aromatic amines is 1. The molecule has 6 rings (SSSR count). The number of aromatic nitrogens is 5. The average Bonchev–Trinajstić information content (AvgIpc) is 3.49. The number of aryl methyl sites for hydroxylation is 1. The van der Waals surface area contributed by atoms with Gasteiger partial charge in [0.15, 0.2) is 17.4 Å². The number of H-pyrrole nitrogens is 1. The Bertz CT molecular complexity index is 1420. The molecule has 1 saturated heterocycles. The molecule has 168 valence electrons. The quantitative estimate of drug-likeness (QED) is 0.487. The van der Waals surface area contributed by atoms with Gasteiger partial charge in [0.25, 0.3) is 0 Å². The molecule has 1 aromatic carbocycles. The molecule has 1 aliphatic heterocycles. The minimum absolute atomic E-state index is 0.0598. The fourth-order valence-corrected chi connectivity index (χ4v) is 5.09. The lowest BCUT2D eigenvalue weighted by Gasteiger charge is -2.31. The van der Waals surface area contributed by atoms with Gasteiger partial charge in [-0.1, -0.05) is 12.7 Å². The predicted octanol–water partition coefficient (Wildman–Crippen LogP) is 3.85. The summed E-state index contributed by atoms with van der Waals surface area (Å²) in [5, 5.41) is 0.519. The van der Waals surface area contributed by atoms with Gasteiger partial charge in [-0.15, -0.1) is 0 Å². The van der Waals surface area contributed by atoms with Crippen LogP contribution in [-0.4, -0.2) is 43.5 Å². The Morgan fingerprint density at radius 1 is 1.21 bits per heavy atom. The molecule has 0 amide bonds. The third kappa shape index (κ3) is 3.05. The minimum atomic E-state index is -0.952. The molecule has 2 bridgehead atoms. The van der Waals surface area contributed by atoms with Crippen LogP contribution in [0, 0.1) is 24.5 Å². The molecule has 8 nitrogen and oxygen atoms in total. The van der Waals surface area contributed by atoms with E-state index in [1.54, 1.807) is 6.92 Å². The topological polar surface area (TPSA) is 106 Å². The van der Waals surface area contributed by atoms with E-state index in [4.69, 9.17) is 10.5 Å². The largest absolute Gasteiger partial charge is 0.421 e. The van der Waals surface area contributed by atoms with E-state index in [1.165, 1.54) is 18.5 Å². The second kappa shape index (κ2) is 7.17. The van der Waals surface area contributed by atoms with Crippen molar-refractivity contribution in [1.29, 1.82) is 0 Å². The molecule has 4 heterocycles. The van der Waals surface area contributed by atoms with E-state index in [-0.39, 0.29) is 23.5 Å². The van der Waals surface area contributed by atoms with Crippen LogP contribution in [0.15, 0.2) is 25.0 Å². The molecule has 4 aromatic rings. The number of nitrogens with two attached hydrogens (primary N) is 1. The predicted molar refractivity (Wildman–Crippen MR) is 120 cm³/mol. The second-order valence-corrected chi connectivity index (χ2v) is 8.66. The van der Waals surface area contributed by atoms with Gasteiger partial charge in [-0.05, 0) is 31.7 Å². The normalized spacial score (nSPS) is 21.9. The molecule has 3 unspecified atom stereocenters. The first kappa shape index (κ1) is 20.0. The Kier molecular flexibility index (Phi) is 4.34. The Balaban J connectivity index is 1.59. The monoisotopic (exact) mass is 449 g/mol. The van der Waals surface area contributed by atoms with E-state index in [2.05, 4.69) is 36.4 Å². The second-order valence-electron chi connectivity index (χ2n) is 8.66. The zero-order valence-corrected chi connectivity index (χ0v) is 17.8. The molecular weight excluding hydrogens is 428 g/mol. The first-order valence-electron chi connectivity index (χ1n) is 10.8. The number of anilines is 1. The summed E-state index contributed by atoms with van der Waals surface area (Å²) in [4.78, 5) is 22.6. The van der Waals surface area contributed by atoms with Crippen LogP contribution in [0.25, 0.3) is 28.0 Å². The summed E-state index contributed by atoms with van der Waals surface area (Å²) >= 11 is 0. The van der Waals surface area contributed by atoms with Gasteiger partial charge in [-0.25, -0.2) is 18.7 Å². The molecule has 3 N–H and O–H groups in total. The molecule has 0 radical (unpaired) electrons. The van der Waals surface area contributed by atoms with Crippen LogP contribution >= 0.6 is 0 Å². The van der Waals surface area contributed by atoms with Crippen molar-refractivity contribution in [2.24, 2.45) is 11.7 Å². The van der Waals surface area contributed by atoms with Crippen LogP contribution in [0.3, 0.4) is 0 Å². The lowest BCUT2D eigenvalue weighted by atomic mass is 10.0. The van der Waals surface area contributed by atoms with Crippen LogP contribution in [-0.2, 0) is 0 Å². The molecule has 10 heteroatoms. The molecule has 2 fully saturated rings. The van der Waals surface area contributed by atoms with E-state index in [9.17, 15) is 4.39 Å². The molecular formula is C23H21F2N7O. The standard InChI is InChI=1S/C23H21F2N7O/c1-3-11-5-15(24)19(25)17-18-21(29-20(11)17)30-23(33-14-7-27-10(2)28-8-14)31-22(18)32-9-12-4-13(32)6-16(12)26/h3,5,7-8,12-13,16H,1,4,6,9,26H2,2H3,(H,29,30,31). The van der Waals surface area contributed by atoms with Crippen LogP contribution in [0.4, 0.5) is 14.6 Å². The maximum Gasteiger partial charge on any atom is 0.326 e. The fraction of sp³-hybridized carbons (Fsp3) is 0.304. The molecule has 0 spiro atoms. The van der Waals surface area contributed by atoms with Gasteiger partial charge >= 0.3 is 6.01 Å². The first-order chi connectivity index (χ1) is 15.9. The van der Waals surface area contributed by atoms with Crippen molar-refractivity contribution < 1.29 is 13.5 Å². The summed E-state index contributed by atoms with van der Waals surface area (Å²) in [5.74, 6) is -0.108. The van der Waals surface area contributed by atoms with Crippen molar-refractivity contribution >= 4 is 33.8 Å². The van der Waals surface area contributed by atoms with E-state index >= 15 is 4.39 Å². The van der Waals surface area contributed by atoms with Gasteiger partial charge < -0.3 is 20.4 Å². The van der Waals surface area contributed by atoms with Gasteiger partial charge in [0.05, 0.1) is 28.7 Å². The molecule has 2 aliphatic rings. The van der Waals surface area contributed by atoms with Crippen molar-refractivity contribution in [3.63, 3.8) is 0 Å². The molecule has 3 atom stereocenters. The van der Waals surface area contributed by atoms with Crippen molar-refractivity contribution in [2.45, 2.75) is 31.8 Å². The first-order valence-corrected chi connectivity index (χ1v) is 10.8. The highest BCUT2D eigenvalue weighted by Crippen LogP contribution is 2.44. The summed E-state index contributed by atoms with van der Waals surface area (Å²) in [7, 11) is 0. The summed E-state index contributed by atoms with van der Waals surface area (Å²) in [6.45, 7) is 6.19. The van der Waals surface area contributed by atoms with Gasteiger partial charge in [0.2, 0.25) is 0 Å². The number of nitrogens with zero attached hydrogens (tertiary/aromatic N) is 5. The number of piperidine rings is 1. The summed E-state index contributed by atoms with van der Waals surface area (Å²) in [6.07, 6.45) is 6.29. The molecule has 3 aromatic heterocycles. The number of halogens is 2. The van der Waals surface area contributed by atoms with E-state index in [0.29, 0.717) is 52.0 Å². The molecule has 1 aliphatic carbocycles. The smallest absolute Gasteiger partial charge is 0.326 e. The van der Waals surface area contributed by atoms with E-state index < -0.39 is 11.6 Å². The molecule has 1 saturated carbocycles. The third-order valence-electron chi connectivity index (χ3n) is 6.67. The zero-order valence-electron chi connectivity index (χ0n) is 17.8. The van der Waals surface area contributed by atoms with Crippen LogP contribution in [0.5, 0.6) is 11.8 Å². The van der Waals surface area contributed by atoms with E-state index in [1.807, 2.05) is 0 Å². The summed E-state index contributed by atoms with van der Waals surface area (Å²) < 4.78 is 35.4. The van der Waals surface area contributed by atoms with Crippen LogP contribution in [0.2, 0.25) is 0 Å². The maximum absolute atomic E-state index is 15.1. The Morgan fingerprint density at radius 2 is 2.00 bits per heavy atom. The van der Waals surface area contributed by atoms with Gasteiger partial charge in [-0.2, -0.15) is 9.97 Å². The van der Waals surface area contributed by atoms with Crippen molar-refractivity contribution in [1.82, 2.24) is 24.9 Å². The highest BCUT2D eigenvalue weighted by atomic mass is 19.2. The van der Waals surface area contributed by atoms with E-state index in [0.717, 1.165) is 18.9 Å². The number of benzene rings is 1. The van der Waals surface area contributed by atoms with Gasteiger partial charge in [0, 0.05) is 24.2 Å². The van der Waals surface area contributed by atoms with Crippen molar-refractivity contribution in [3.8, 4) is 11.8 Å². The molecule has 33 heavy (non-hydrogen) atoms. The summed E-state index contributed by atoms with van der Waals surface area (Å²) in [5.41, 5.74) is 7.44. The Hall–Kier alpha value is -3.66. The zero-order chi connectivity index (χ0) is 22.9. The average molecular weight is 449 g/mol. The highest BCUT2D eigenvalue weighted by molar-refractivity contribution is 6.13. The number of hydrogen-bond donors (Lipinski definition) is 2. The third-order valence-corrected chi connectivity index (χ3v) is 6.67. The van der Waals surface area contributed by atoms with Crippen molar-refractivity contribution in [3.05, 3.63) is 48.1 Å². The lowest BCUT2D eigenvalue weighted by Crippen LogP contribution is -2.41. The van der Waals surface area contributed by atoms with Crippen LogP contribution < -0.4 is 15.4 Å². The maximum atomic E-state index is 15.1. The number of fused-ring (bicyclic) bond motifs is 5. The Labute approximate surface area is 187 Å². The number of hydrogen-bond acceptors (Lipinski definition) is 7. The fourth-order valence-electron chi connectivity index (χ4n) is 5.09.